The third kappa shape index (κ3) is 1.57. The Kier molecular flexibility index (Phi) is 2.28. The van der Waals surface area contributed by atoms with E-state index in [1.807, 2.05) is 25.1 Å². The maximum Gasteiger partial charge on any atom is 0.315 e. The Morgan fingerprint density at radius 3 is 2.76 bits per heavy atom. The van der Waals surface area contributed by atoms with Crippen molar-refractivity contribution in [1.82, 2.24) is 0 Å². The van der Waals surface area contributed by atoms with Gasteiger partial charge in [-0.15, -0.1) is 0 Å². The van der Waals surface area contributed by atoms with Gasteiger partial charge in [-0.1, -0.05) is 25.1 Å². The summed E-state index contributed by atoms with van der Waals surface area (Å²) in [6.45, 7) is 1.96. The number of ether oxygens (including phenoxy) is 1. The van der Waals surface area contributed by atoms with Crippen LogP contribution in [0.3, 0.4) is 0 Å². The second kappa shape index (κ2) is 3.69. The van der Waals surface area contributed by atoms with E-state index in [2.05, 4.69) is 0 Å². The number of Topliss-reactive ketones (excluding diaryl/α,β-unsaturated/α-hetero) is 1. The zero-order valence-corrected chi connectivity index (χ0v) is 9.68. The molecule has 1 heterocycles. The maximum atomic E-state index is 12.0. The molecule has 1 fully saturated rings. The smallest absolute Gasteiger partial charge is 0.315 e. The molecule has 0 N–H and O–H groups in total. The molecule has 3 heteroatoms. The van der Waals surface area contributed by atoms with E-state index in [4.69, 9.17) is 4.74 Å². The highest BCUT2D eigenvalue weighted by molar-refractivity contribution is 5.87. The Hall–Kier alpha value is -1.64. The lowest BCUT2D eigenvalue weighted by atomic mass is 9.68. The van der Waals surface area contributed by atoms with Gasteiger partial charge < -0.3 is 4.74 Å². The normalized spacial score (nSPS) is 31.5. The molecule has 1 saturated carbocycles. The fourth-order valence-electron chi connectivity index (χ4n) is 3.09. The number of carbonyl (C=O) groups excluding carboxylic acids is 2. The van der Waals surface area contributed by atoms with Crippen LogP contribution in [-0.4, -0.2) is 11.8 Å². The highest BCUT2D eigenvalue weighted by Crippen LogP contribution is 2.46. The summed E-state index contributed by atoms with van der Waals surface area (Å²) in [5, 5.41) is 0. The minimum Gasteiger partial charge on any atom is -0.426 e. The summed E-state index contributed by atoms with van der Waals surface area (Å²) < 4.78 is 5.36. The van der Waals surface area contributed by atoms with Crippen molar-refractivity contribution < 1.29 is 14.3 Å². The first-order valence-corrected chi connectivity index (χ1v) is 5.99. The van der Waals surface area contributed by atoms with E-state index in [9.17, 15) is 9.59 Å². The minimum absolute atomic E-state index is 0.0173. The lowest BCUT2D eigenvalue weighted by Gasteiger charge is -2.38. The van der Waals surface area contributed by atoms with E-state index < -0.39 is 0 Å². The van der Waals surface area contributed by atoms with Crippen LogP contribution in [0.1, 0.15) is 31.2 Å². The molecule has 88 valence electrons. The predicted octanol–water partition coefficient (Wildman–Crippen LogP) is 2.30. The predicted molar refractivity (Wildman–Crippen MR) is 61.7 cm³/mol. The largest absolute Gasteiger partial charge is 0.426 e. The van der Waals surface area contributed by atoms with Crippen LogP contribution >= 0.6 is 0 Å². The second-order valence-electron chi connectivity index (χ2n) is 5.02. The molecule has 0 bridgehead atoms. The van der Waals surface area contributed by atoms with Crippen LogP contribution in [0.15, 0.2) is 24.3 Å². The Balaban J connectivity index is 2.08. The van der Waals surface area contributed by atoms with Gasteiger partial charge in [0.05, 0.1) is 5.92 Å². The summed E-state index contributed by atoms with van der Waals surface area (Å²) in [4.78, 5) is 23.7. The van der Waals surface area contributed by atoms with Gasteiger partial charge in [0, 0.05) is 18.8 Å². The van der Waals surface area contributed by atoms with E-state index in [0.717, 1.165) is 5.56 Å². The van der Waals surface area contributed by atoms with Crippen LogP contribution in [0.25, 0.3) is 0 Å². The fraction of sp³-hybridized carbons (Fsp3) is 0.429. The molecular weight excluding hydrogens is 216 g/mol. The molecule has 0 amide bonds. The van der Waals surface area contributed by atoms with Gasteiger partial charge in [-0.3, -0.25) is 9.59 Å². The van der Waals surface area contributed by atoms with Gasteiger partial charge in [-0.2, -0.15) is 0 Å². The second-order valence-corrected chi connectivity index (χ2v) is 5.02. The Bertz CT molecular complexity index is 492. The van der Waals surface area contributed by atoms with Crippen LogP contribution in [0.2, 0.25) is 0 Å². The van der Waals surface area contributed by atoms with Crippen LogP contribution in [0.4, 0.5) is 0 Å². The Morgan fingerprint density at radius 2 is 1.94 bits per heavy atom. The molecule has 0 saturated heterocycles. The Labute approximate surface area is 99.8 Å². The van der Waals surface area contributed by atoms with E-state index in [0.29, 0.717) is 18.6 Å². The van der Waals surface area contributed by atoms with E-state index >= 15 is 0 Å². The van der Waals surface area contributed by atoms with Crippen LogP contribution in [-0.2, 0) is 9.59 Å². The number of para-hydroxylation sites is 1. The number of carbonyl (C=O) groups is 2. The van der Waals surface area contributed by atoms with Crippen LogP contribution in [0, 0.1) is 11.8 Å². The number of esters is 1. The van der Waals surface area contributed by atoms with E-state index in [1.54, 1.807) is 6.07 Å². The van der Waals surface area contributed by atoms with Gasteiger partial charge in [0.25, 0.3) is 0 Å². The number of benzene rings is 1. The standard InChI is InChI=1S/C14H14O3/c1-8-6-9(15)7-11-10-4-2-3-5-12(10)17-14(16)13(8)11/h2-5,8,11,13H,6-7H2,1H3. The van der Waals surface area contributed by atoms with Crippen molar-refractivity contribution in [2.75, 3.05) is 0 Å². The van der Waals surface area contributed by atoms with Gasteiger partial charge in [-0.25, -0.2) is 0 Å². The van der Waals surface area contributed by atoms with Crippen molar-refractivity contribution in [3.63, 3.8) is 0 Å². The van der Waals surface area contributed by atoms with Gasteiger partial charge in [0.1, 0.15) is 11.5 Å². The van der Waals surface area contributed by atoms with Gasteiger partial charge in [0.15, 0.2) is 0 Å². The Morgan fingerprint density at radius 1 is 1.18 bits per heavy atom. The average Bonchev–Trinajstić information content (AvgIpc) is 2.28. The van der Waals surface area contributed by atoms with E-state index in [1.165, 1.54) is 0 Å². The molecule has 1 aliphatic heterocycles. The first-order valence-electron chi connectivity index (χ1n) is 5.99. The van der Waals surface area contributed by atoms with Gasteiger partial charge in [-0.05, 0) is 17.5 Å². The van der Waals surface area contributed by atoms with Gasteiger partial charge >= 0.3 is 5.97 Å². The number of hydrogen-bond donors (Lipinski definition) is 0. The number of rotatable bonds is 0. The molecule has 1 aromatic carbocycles. The SMILES string of the molecule is CC1CC(=O)CC2c3ccccc3OC(=O)C12. The molecule has 1 aliphatic carbocycles. The summed E-state index contributed by atoms with van der Waals surface area (Å²) in [5.74, 6) is 0.658. The summed E-state index contributed by atoms with van der Waals surface area (Å²) in [5.41, 5.74) is 1.01. The maximum absolute atomic E-state index is 12.0. The highest BCUT2D eigenvalue weighted by atomic mass is 16.5. The summed E-state index contributed by atoms with van der Waals surface area (Å²) in [6, 6.07) is 7.54. The lowest BCUT2D eigenvalue weighted by molar-refractivity contribution is -0.145. The summed E-state index contributed by atoms with van der Waals surface area (Å²) in [7, 11) is 0. The molecule has 2 aliphatic rings. The quantitative estimate of drug-likeness (QED) is 0.507. The molecule has 0 aromatic heterocycles. The summed E-state index contributed by atoms with van der Waals surface area (Å²) in [6.07, 6.45) is 0.972. The molecule has 3 rings (SSSR count). The number of hydrogen-bond acceptors (Lipinski definition) is 3. The van der Waals surface area contributed by atoms with Crippen molar-refractivity contribution in [2.45, 2.75) is 25.7 Å². The molecule has 3 nitrogen and oxygen atoms in total. The minimum atomic E-state index is -0.172. The molecule has 3 atom stereocenters. The van der Waals surface area contributed by atoms with Crippen molar-refractivity contribution in [3.05, 3.63) is 29.8 Å². The molecule has 1 aromatic rings. The first kappa shape index (κ1) is 10.5. The van der Waals surface area contributed by atoms with Crippen LogP contribution in [0.5, 0.6) is 5.75 Å². The molecule has 0 spiro atoms. The number of fused-ring (bicyclic) bond motifs is 3. The third-order valence-corrected chi connectivity index (χ3v) is 3.84. The third-order valence-electron chi connectivity index (χ3n) is 3.84. The van der Waals surface area contributed by atoms with Crippen molar-refractivity contribution in [3.8, 4) is 5.75 Å². The molecule has 0 radical (unpaired) electrons. The van der Waals surface area contributed by atoms with Crippen molar-refractivity contribution in [1.29, 1.82) is 0 Å². The summed E-state index contributed by atoms with van der Waals surface area (Å²) >= 11 is 0. The average molecular weight is 230 g/mol. The molecule has 3 unspecified atom stereocenters. The van der Waals surface area contributed by atoms with Crippen molar-refractivity contribution in [2.24, 2.45) is 11.8 Å². The first-order chi connectivity index (χ1) is 8.16. The molecule has 17 heavy (non-hydrogen) atoms. The highest BCUT2D eigenvalue weighted by Gasteiger charge is 2.45. The number of ketones is 1. The molecular formula is C14H14O3. The van der Waals surface area contributed by atoms with E-state index in [-0.39, 0.29) is 29.5 Å². The topological polar surface area (TPSA) is 43.4 Å². The van der Waals surface area contributed by atoms with Crippen LogP contribution < -0.4 is 4.74 Å². The monoisotopic (exact) mass is 230 g/mol. The zero-order valence-electron chi connectivity index (χ0n) is 9.68. The fourth-order valence-corrected chi connectivity index (χ4v) is 3.09. The van der Waals surface area contributed by atoms with Gasteiger partial charge in [0.2, 0.25) is 0 Å². The lowest BCUT2D eigenvalue weighted by Crippen LogP contribution is -2.40. The van der Waals surface area contributed by atoms with Crippen molar-refractivity contribution >= 4 is 11.8 Å². The zero-order chi connectivity index (χ0) is 12.0.